The molecule has 0 saturated carbocycles. The Morgan fingerprint density at radius 1 is 0.915 bits per heavy atom. The third-order valence-corrected chi connectivity index (χ3v) is 8.06. The molecule has 0 aliphatic heterocycles. The van der Waals surface area contributed by atoms with Crippen LogP contribution in [0.3, 0.4) is 0 Å². The minimum atomic E-state index is -1.11. The number of carbonyl (C=O) groups is 3. The van der Waals surface area contributed by atoms with Crippen molar-refractivity contribution in [1.29, 1.82) is 0 Å². The average Bonchev–Trinajstić information content (AvgIpc) is 3.03. The molecule has 3 aromatic rings. The SMILES string of the molecule is C#Cc1ccccc1C(C(=O)Nc1c(C)cccc1Cl)N(CCCCCCCC)C(=O)C(Cc1ccccc1)NC(=O)OC(C)(C)C. The molecule has 3 amide bonds. The number of amides is 3. The van der Waals surface area contributed by atoms with Crippen molar-refractivity contribution in [3.05, 3.63) is 100 Å². The van der Waals surface area contributed by atoms with E-state index in [1.165, 1.54) is 0 Å². The maximum Gasteiger partial charge on any atom is 0.408 e. The highest BCUT2D eigenvalue weighted by atomic mass is 35.5. The van der Waals surface area contributed by atoms with Gasteiger partial charge in [-0.2, -0.15) is 0 Å². The molecular formula is C39H48ClN3O4. The molecule has 0 aromatic heterocycles. The van der Waals surface area contributed by atoms with Gasteiger partial charge in [0.05, 0.1) is 10.7 Å². The molecule has 2 atom stereocenters. The number of alkyl carbamates (subject to hydrolysis) is 1. The Labute approximate surface area is 285 Å². The molecule has 0 aliphatic carbocycles. The summed E-state index contributed by atoms with van der Waals surface area (Å²) in [5, 5.41) is 6.19. The van der Waals surface area contributed by atoms with Crippen molar-refractivity contribution >= 4 is 35.2 Å². The molecule has 2 N–H and O–H groups in total. The van der Waals surface area contributed by atoms with Crippen molar-refractivity contribution in [2.75, 3.05) is 11.9 Å². The Bertz CT molecular complexity index is 1510. The number of nitrogens with zero attached hydrogens (tertiary/aromatic N) is 1. The lowest BCUT2D eigenvalue weighted by atomic mass is 9.96. The van der Waals surface area contributed by atoms with Crippen LogP contribution < -0.4 is 10.6 Å². The molecule has 0 heterocycles. The van der Waals surface area contributed by atoms with E-state index >= 15 is 0 Å². The van der Waals surface area contributed by atoms with Gasteiger partial charge < -0.3 is 20.3 Å². The third-order valence-electron chi connectivity index (χ3n) is 7.75. The zero-order valence-electron chi connectivity index (χ0n) is 28.3. The van der Waals surface area contributed by atoms with Crippen molar-refractivity contribution in [1.82, 2.24) is 10.2 Å². The van der Waals surface area contributed by atoms with E-state index in [0.29, 0.717) is 28.3 Å². The second-order valence-electron chi connectivity index (χ2n) is 12.7. The lowest BCUT2D eigenvalue weighted by Gasteiger charge is -2.35. The van der Waals surface area contributed by atoms with Crippen LogP contribution in [0.4, 0.5) is 10.5 Å². The van der Waals surface area contributed by atoms with E-state index in [9.17, 15) is 14.4 Å². The van der Waals surface area contributed by atoms with Crippen LogP contribution in [0.5, 0.6) is 0 Å². The summed E-state index contributed by atoms with van der Waals surface area (Å²) in [5.74, 6) is 1.82. The lowest BCUT2D eigenvalue weighted by molar-refractivity contribution is -0.140. The van der Waals surface area contributed by atoms with Crippen molar-refractivity contribution in [3.63, 3.8) is 0 Å². The minimum Gasteiger partial charge on any atom is -0.444 e. The van der Waals surface area contributed by atoms with Gasteiger partial charge in [0.15, 0.2) is 0 Å². The summed E-state index contributed by atoms with van der Waals surface area (Å²) in [7, 11) is 0. The standard InChI is InChI=1S/C39H48ClN3O4/c1-7-9-10-11-12-18-26-43(37(45)33(27-29-21-14-13-15-22-29)41-38(46)47-39(4,5)6)35(31-24-17-16-23-30(31)8-2)36(44)42-34-28(3)20-19-25-32(34)40/h2,13-17,19-25,33,35H,7,9-12,18,26-27H2,1,3-6H3,(H,41,46)(H,42,44). The Hall–Kier alpha value is -4.28. The van der Waals surface area contributed by atoms with Gasteiger partial charge in [-0.3, -0.25) is 9.59 Å². The normalized spacial score (nSPS) is 12.4. The number of anilines is 1. The summed E-state index contributed by atoms with van der Waals surface area (Å²) in [6.45, 7) is 9.58. The molecule has 250 valence electrons. The van der Waals surface area contributed by atoms with Gasteiger partial charge >= 0.3 is 6.09 Å². The Balaban J connectivity index is 2.12. The quantitative estimate of drug-likeness (QED) is 0.127. The number of aryl methyl sites for hydroxylation is 1. The number of unbranched alkanes of at least 4 members (excludes halogenated alkanes) is 5. The molecule has 8 heteroatoms. The van der Waals surface area contributed by atoms with Gasteiger partial charge in [-0.15, -0.1) is 6.42 Å². The van der Waals surface area contributed by atoms with Gasteiger partial charge in [0.25, 0.3) is 5.91 Å². The van der Waals surface area contributed by atoms with Gasteiger partial charge in [-0.25, -0.2) is 4.79 Å². The van der Waals surface area contributed by atoms with Gasteiger partial charge in [-0.05, 0) is 62.9 Å². The number of nitrogens with one attached hydrogen (secondary N) is 2. The second kappa shape index (κ2) is 18.2. The first kappa shape index (κ1) is 37.2. The van der Waals surface area contributed by atoms with E-state index in [4.69, 9.17) is 22.8 Å². The highest BCUT2D eigenvalue weighted by Crippen LogP contribution is 2.31. The monoisotopic (exact) mass is 657 g/mol. The van der Waals surface area contributed by atoms with Crippen LogP contribution in [0.2, 0.25) is 5.02 Å². The molecule has 0 aliphatic rings. The molecule has 3 aromatic carbocycles. The summed E-state index contributed by atoms with van der Waals surface area (Å²) < 4.78 is 5.57. The maximum atomic E-state index is 14.8. The topological polar surface area (TPSA) is 87.7 Å². The molecule has 7 nitrogen and oxygen atoms in total. The van der Waals surface area contributed by atoms with Crippen molar-refractivity contribution in [3.8, 4) is 12.3 Å². The summed E-state index contributed by atoms with van der Waals surface area (Å²) in [6, 6.07) is 19.8. The summed E-state index contributed by atoms with van der Waals surface area (Å²) >= 11 is 6.53. The number of hydrogen-bond donors (Lipinski definition) is 2. The molecule has 47 heavy (non-hydrogen) atoms. The Morgan fingerprint density at radius 3 is 2.23 bits per heavy atom. The van der Waals surface area contributed by atoms with E-state index in [0.717, 1.165) is 43.2 Å². The Kier molecular flexibility index (Phi) is 14.4. The molecule has 0 saturated heterocycles. The molecule has 0 fully saturated rings. The number of benzene rings is 3. The Morgan fingerprint density at radius 2 is 1.57 bits per heavy atom. The minimum absolute atomic E-state index is 0.195. The summed E-state index contributed by atoms with van der Waals surface area (Å²) in [6.07, 6.45) is 11.3. The lowest BCUT2D eigenvalue weighted by Crippen LogP contribution is -2.53. The summed E-state index contributed by atoms with van der Waals surface area (Å²) in [5.41, 5.74) is 2.30. The highest BCUT2D eigenvalue weighted by Gasteiger charge is 2.37. The zero-order chi connectivity index (χ0) is 34.4. The molecule has 0 spiro atoms. The van der Waals surface area contributed by atoms with Crippen LogP contribution >= 0.6 is 11.6 Å². The summed E-state index contributed by atoms with van der Waals surface area (Å²) in [4.78, 5) is 43.9. The number of halogens is 1. The van der Waals surface area contributed by atoms with Crippen LogP contribution in [0.25, 0.3) is 0 Å². The third kappa shape index (κ3) is 11.5. The zero-order valence-corrected chi connectivity index (χ0v) is 29.0. The van der Waals surface area contributed by atoms with Crippen molar-refractivity contribution in [2.24, 2.45) is 0 Å². The van der Waals surface area contributed by atoms with Gasteiger partial charge in [0, 0.05) is 18.5 Å². The van der Waals surface area contributed by atoms with E-state index in [1.807, 2.05) is 49.4 Å². The van der Waals surface area contributed by atoms with Crippen LogP contribution in [0, 0.1) is 19.3 Å². The smallest absolute Gasteiger partial charge is 0.408 e. The van der Waals surface area contributed by atoms with Gasteiger partial charge in [-0.1, -0.05) is 117 Å². The van der Waals surface area contributed by atoms with Gasteiger partial charge in [0.2, 0.25) is 5.91 Å². The average molecular weight is 658 g/mol. The highest BCUT2D eigenvalue weighted by molar-refractivity contribution is 6.34. The van der Waals surface area contributed by atoms with Crippen molar-refractivity contribution < 1.29 is 19.1 Å². The molecule has 3 rings (SSSR count). The van der Waals surface area contributed by atoms with Crippen molar-refractivity contribution in [2.45, 2.75) is 97.2 Å². The van der Waals surface area contributed by atoms with Crippen LogP contribution in [-0.2, 0) is 20.7 Å². The molecular weight excluding hydrogens is 610 g/mol. The predicted molar refractivity (Wildman–Crippen MR) is 190 cm³/mol. The largest absolute Gasteiger partial charge is 0.444 e. The second-order valence-corrected chi connectivity index (χ2v) is 13.2. The van der Waals surface area contributed by atoms with Crippen LogP contribution in [-0.4, -0.2) is 41.0 Å². The first-order valence-corrected chi connectivity index (χ1v) is 16.8. The fourth-order valence-electron chi connectivity index (χ4n) is 5.43. The van der Waals surface area contributed by atoms with Crippen LogP contribution in [0.1, 0.15) is 94.5 Å². The van der Waals surface area contributed by atoms with E-state index in [2.05, 4.69) is 23.5 Å². The molecule has 0 radical (unpaired) electrons. The van der Waals surface area contributed by atoms with E-state index < -0.39 is 35.6 Å². The van der Waals surface area contributed by atoms with Gasteiger partial charge in [0.1, 0.15) is 17.7 Å². The first-order valence-electron chi connectivity index (χ1n) is 16.4. The first-order chi connectivity index (χ1) is 22.4. The fourth-order valence-corrected chi connectivity index (χ4v) is 5.70. The number of para-hydroxylation sites is 1. The number of carbonyl (C=O) groups excluding carboxylic acids is 3. The fraction of sp³-hybridized carbons (Fsp3) is 0.410. The number of ether oxygens (including phenoxy) is 1. The predicted octanol–water partition coefficient (Wildman–Crippen LogP) is 8.63. The molecule has 0 bridgehead atoms. The number of hydrogen-bond acceptors (Lipinski definition) is 4. The number of terminal acetylenes is 1. The van der Waals surface area contributed by atoms with Crippen LogP contribution in [0.15, 0.2) is 72.8 Å². The maximum absolute atomic E-state index is 14.8. The van der Waals surface area contributed by atoms with E-state index in [1.54, 1.807) is 56.0 Å². The van der Waals surface area contributed by atoms with E-state index in [-0.39, 0.29) is 13.0 Å². The number of rotatable bonds is 15. The molecule has 2 unspecified atom stereocenters.